The summed E-state index contributed by atoms with van der Waals surface area (Å²) in [7, 11) is -8.79. The highest BCUT2D eigenvalue weighted by molar-refractivity contribution is 7.92. The third-order valence-electron chi connectivity index (χ3n) is 3.49. The van der Waals surface area contributed by atoms with Crippen molar-refractivity contribution < 1.29 is 46.3 Å². The molecule has 1 aromatic heterocycles. The first kappa shape index (κ1) is 21.4. The highest BCUT2D eigenvalue weighted by atomic mass is 35.7. The second-order valence-corrected chi connectivity index (χ2v) is 8.91. The number of nitro groups is 1. The van der Waals surface area contributed by atoms with E-state index in [4.69, 9.17) is 18.6 Å². The van der Waals surface area contributed by atoms with Crippen LogP contribution in [0.1, 0.15) is 23.3 Å². The number of rotatable bonds is 4. The minimum atomic E-state index is -4.94. The van der Waals surface area contributed by atoms with E-state index in [-0.39, 0.29) is 10.6 Å². The van der Waals surface area contributed by atoms with E-state index in [1.54, 1.807) is 6.20 Å². The molecule has 0 unspecified atom stereocenters. The van der Waals surface area contributed by atoms with Crippen LogP contribution >= 0.6 is 11.5 Å². The fraction of sp³-hybridized carbons (Fsp3) is 0.308. The molecule has 0 fully saturated rings. The summed E-state index contributed by atoms with van der Waals surface area (Å²) < 4.78 is 60.1. The summed E-state index contributed by atoms with van der Waals surface area (Å²) >= 11 is 1.36. The van der Waals surface area contributed by atoms with Crippen LogP contribution in [0.25, 0.3) is 0 Å². The number of aromatic nitrogens is 1. The summed E-state index contributed by atoms with van der Waals surface area (Å²) in [5.41, 5.74) is 0.913. The van der Waals surface area contributed by atoms with Crippen LogP contribution in [0.5, 0.6) is 0 Å². The standard InChI is InChI=1S/C13H14N3O4S2.ClHO4/c17-16(18)11-5-3-6-12(8-11)22(19,20)14-15-9-10-4-1-2-7-13(10)21-15;2-1(3,4)5/h3,5-6,8-9,14H,1-2,4,7H2;(H,2,3,4,5)/q+1;/p-1. The molecule has 0 radical (unpaired) electrons. The third kappa shape index (κ3) is 6.66. The molecule has 0 aliphatic heterocycles. The summed E-state index contributed by atoms with van der Waals surface area (Å²) in [6, 6.07) is 5.01. The zero-order valence-electron chi connectivity index (χ0n) is 13.6. The number of fused-ring (bicyclic) bond motifs is 1. The van der Waals surface area contributed by atoms with Gasteiger partial charge in [-0.25, -0.2) is 18.6 Å². The van der Waals surface area contributed by atoms with Crippen LogP contribution in [0.15, 0.2) is 35.4 Å². The third-order valence-corrected chi connectivity index (χ3v) is 6.00. The number of hydrogen-bond donors (Lipinski definition) is 1. The van der Waals surface area contributed by atoms with Crippen LogP contribution in [0.3, 0.4) is 0 Å². The van der Waals surface area contributed by atoms with Crippen molar-refractivity contribution in [1.82, 2.24) is 0 Å². The molecule has 0 spiro atoms. The van der Waals surface area contributed by atoms with Crippen LogP contribution in [0.2, 0.25) is 0 Å². The molecule has 0 amide bonds. The maximum Gasteiger partial charge on any atom is 0.308 e. The van der Waals surface area contributed by atoms with Crippen LogP contribution < -0.4 is 27.5 Å². The van der Waals surface area contributed by atoms with E-state index in [0.29, 0.717) is 0 Å². The Morgan fingerprint density at radius 1 is 1.15 bits per heavy atom. The molecule has 0 atom stereocenters. The van der Waals surface area contributed by atoms with Crippen LogP contribution in [0.4, 0.5) is 5.69 Å². The van der Waals surface area contributed by atoms with Gasteiger partial charge in [0.25, 0.3) is 5.69 Å². The first-order valence-corrected chi connectivity index (χ1v) is 10.9. The topological polar surface area (TPSA) is 185 Å². The van der Waals surface area contributed by atoms with Crippen molar-refractivity contribution in [3.05, 3.63) is 51.0 Å². The van der Waals surface area contributed by atoms with Crippen LogP contribution in [-0.4, -0.2) is 13.3 Å². The van der Waals surface area contributed by atoms with Gasteiger partial charge in [-0.05, 0) is 35.8 Å². The van der Waals surface area contributed by atoms with Crippen molar-refractivity contribution in [2.75, 3.05) is 4.83 Å². The first-order chi connectivity index (χ1) is 12.5. The first-order valence-electron chi connectivity index (χ1n) is 7.38. The fourth-order valence-corrected chi connectivity index (χ4v) is 4.71. The lowest BCUT2D eigenvalue weighted by Crippen LogP contribution is -2.68. The molecule has 0 bridgehead atoms. The van der Waals surface area contributed by atoms with Crippen molar-refractivity contribution in [1.29, 1.82) is 0 Å². The molecule has 1 heterocycles. The number of aryl methyl sites for hydroxylation is 2. The van der Waals surface area contributed by atoms with E-state index in [9.17, 15) is 18.5 Å². The van der Waals surface area contributed by atoms with Crippen molar-refractivity contribution in [3.8, 4) is 0 Å². The van der Waals surface area contributed by atoms with Crippen LogP contribution in [-0.2, 0) is 22.9 Å². The zero-order valence-corrected chi connectivity index (χ0v) is 16.0. The van der Waals surface area contributed by atoms with Gasteiger partial charge in [0.2, 0.25) is 6.20 Å². The van der Waals surface area contributed by atoms with Gasteiger partial charge in [-0.1, -0.05) is 10.9 Å². The molecule has 27 heavy (non-hydrogen) atoms. The van der Waals surface area contributed by atoms with E-state index < -0.39 is 25.2 Å². The second-order valence-electron chi connectivity index (χ2n) is 5.43. The summed E-state index contributed by atoms with van der Waals surface area (Å²) in [4.78, 5) is 13.6. The minimum Gasteiger partial charge on any atom is -0.258 e. The minimum absolute atomic E-state index is 0.124. The highest BCUT2D eigenvalue weighted by Gasteiger charge is 2.25. The number of non-ortho nitro benzene ring substituents is 1. The average Bonchev–Trinajstić information content (AvgIpc) is 2.94. The van der Waals surface area contributed by atoms with Gasteiger partial charge in [0.1, 0.15) is 0 Å². The van der Waals surface area contributed by atoms with E-state index in [1.807, 2.05) is 0 Å². The van der Waals surface area contributed by atoms with Gasteiger partial charge in [-0.2, -0.15) is 8.42 Å². The number of benzene rings is 1. The number of nitrogens with zero attached hydrogens (tertiary/aromatic N) is 2. The van der Waals surface area contributed by atoms with Gasteiger partial charge in [0.15, 0.2) is 11.5 Å². The maximum atomic E-state index is 12.3. The molecule has 148 valence electrons. The number of sulfonamides is 1. The number of halogens is 1. The zero-order chi connectivity index (χ0) is 20.2. The Morgan fingerprint density at radius 3 is 2.37 bits per heavy atom. The summed E-state index contributed by atoms with van der Waals surface area (Å²) in [6.45, 7) is 0. The Bertz CT molecular complexity index is 896. The van der Waals surface area contributed by atoms with E-state index in [0.717, 1.165) is 37.3 Å². The molecular weight excluding hydrogens is 426 g/mol. The monoisotopic (exact) mass is 439 g/mol. The Labute approximate surface area is 160 Å². The Kier molecular flexibility index (Phi) is 6.69. The Morgan fingerprint density at radius 2 is 1.78 bits per heavy atom. The van der Waals surface area contributed by atoms with E-state index in [1.165, 1.54) is 38.7 Å². The Balaban J connectivity index is 0.000000465. The molecule has 14 heteroatoms. The second kappa shape index (κ2) is 8.43. The van der Waals surface area contributed by atoms with Crippen molar-refractivity contribution >= 4 is 27.2 Å². The molecule has 1 aliphatic rings. The molecule has 2 aromatic rings. The molecular formula is C13H14ClN3O8S2. The number of nitro benzene ring substituents is 1. The molecule has 0 saturated heterocycles. The average molecular weight is 440 g/mol. The summed E-state index contributed by atoms with van der Waals surface area (Å²) in [5, 5.41) is 10.8. The lowest BCUT2D eigenvalue weighted by atomic mass is 10.0. The number of hydrogen-bond acceptors (Lipinski definition) is 9. The normalized spacial score (nSPS) is 13.9. The SMILES string of the molecule is O=[N+]([O-])c1cccc(S(=O)(=O)N[n+]2cc3c(s2)CCCC3)c1.[O-][Cl+3]([O-])([O-])[O-]. The van der Waals surface area contributed by atoms with Gasteiger partial charge < -0.3 is 0 Å². The summed E-state index contributed by atoms with van der Waals surface area (Å²) in [5.74, 6) is 0. The number of nitrogens with one attached hydrogen (secondary N) is 1. The van der Waals surface area contributed by atoms with Crippen molar-refractivity contribution in [3.63, 3.8) is 0 Å². The van der Waals surface area contributed by atoms with Gasteiger partial charge >= 0.3 is 10.0 Å². The molecule has 1 aromatic carbocycles. The maximum absolute atomic E-state index is 12.3. The highest BCUT2D eigenvalue weighted by Crippen LogP contribution is 2.23. The lowest BCUT2D eigenvalue weighted by molar-refractivity contribution is -2.00. The van der Waals surface area contributed by atoms with Crippen LogP contribution in [0, 0.1) is 20.4 Å². The van der Waals surface area contributed by atoms with Gasteiger partial charge in [0.05, 0.1) is 14.7 Å². The molecule has 11 nitrogen and oxygen atoms in total. The largest absolute Gasteiger partial charge is 0.308 e. The fourth-order valence-electron chi connectivity index (χ4n) is 2.41. The quantitative estimate of drug-likeness (QED) is 0.296. The van der Waals surface area contributed by atoms with Gasteiger partial charge in [-0.15, -0.1) is 10.2 Å². The smallest absolute Gasteiger partial charge is 0.258 e. The molecule has 1 N–H and O–H groups in total. The van der Waals surface area contributed by atoms with Gasteiger partial charge in [0, 0.05) is 17.7 Å². The van der Waals surface area contributed by atoms with Gasteiger partial charge in [-0.3, -0.25) is 10.1 Å². The Hall–Kier alpha value is -1.87. The van der Waals surface area contributed by atoms with E-state index in [2.05, 4.69) is 4.83 Å². The summed E-state index contributed by atoms with van der Waals surface area (Å²) in [6.07, 6.45) is 5.93. The molecule has 1 aliphatic carbocycles. The predicted octanol–water partition coefficient (Wildman–Crippen LogP) is -3.00. The molecule has 0 saturated carbocycles. The predicted molar refractivity (Wildman–Crippen MR) is 80.8 cm³/mol. The lowest BCUT2D eigenvalue weighted by Gasteiger charge is -2.17. The van der Waals surface area contributed by atoms with Crippen molar-refractivity contribution in [2.24, 2.45) is 0 Å². The van der Waals surface area contributed by atoms with Crippen molar-refractivity contribution in [2.45, 2.75) is 30.6 Å². The molecule has 3 rings (SSSR count). The van der Waals surface area contributed by atoms with E-state index >= 15 is 0 Å².